The standard InChI is InChI=1S/C14H19N5O2S/c1-9-3-10(21-13-4-12(20-2)17-8-18-13)6-19(9)7-11-5-16-14(15)22-11/h4-5,8-10H,3,6-7H2,1-2H3,(H2,15,16)/t9-,10+/m0/s1/i7D2. The van der Waals surface area contributed by atoms with E-state index in [1.54, 1.807) is 11.0 Å². The monoisotopic (exact) mass is 323 g/mol. The fourth-order valence-corrected chi connectivity index (χ4v) is 2.97. The van der Waals surface area contributed by atoms with Crippen LogP contribution in [-0.2, 0) is 6.50 Å². The molecule has 3 heterocycles. The number of aromatic nitrogens is 3. The van der Waals surface area contributed by atoms with E-state index in [4.69, 9.17) is 17.9 Å². The minimum Gasteiger partial charge on any atom is -0.481 e. The second-order valence-electron chi connectivity index (χ2n) is 5.05. The lowest BCUT2D eigenvalue weighted by Crippen LogP contribution is -2.27. The quantitative estimate of drug-likeness (QED) is 0.893. The Hall–Kier alpha value is -1.93. The van der Waals surface area contributed by atoms with Gasteiger partial charge in [-0.15, -0.1) is 11.3 Å². The fraction of sp³-hybridized carbons (Fsp3) is 0.500. The van der Waals surface area contributed by atoms with Gasteiger partial charge in [-0.1, -0.05) is 0 Å². The van der Waals surface area contributed by atoms with Gasteiger partial charge in [0.15, 0.2) is 5.13 Å². The van der Waals surface area contributed by atoms with Crippen molar-refractivity contribution in [3.63, 3.8) is 0 Å². The first kappa shape index (κ1) is 12.6. The maximum absolute atomic E-state index is 8.45. The third-order valence-corrected chi connectivity index (χ3v) is 4.16. The lowest BCUT2D eigenvalue weighted by Gasteiger charge is -2.19. The molecule has 2 N–H and O–H groups in total. The van der Waals surface area contributed by atoms with Crippen LogP contribution in [0.1, 0.15) is 21.0 Å². The first-order valence-electron chi connectivity index (χ1n) is 7.91. The Morgan fingerprint density at radius 3 is 3.00 bits per heavy atom. The maximum Gasteiger partial charge on any atom is 0.220 e. The lowest BCUT2D eigenvalue weighted by molar-refractivity contribution is 0.188. The second kappa shape index (κ2) is 6.45. The molecule has 1 aliphatic heterocycles. The normalized spacial score (nSPS) is 23.9. The number of nitrogens with two attached hydrogens (primary N) is 1. The number of thiazole rings is 1. The molecule has 0 saturated carbocycles. The van der Waals surface area contributed by atoms with Crippen molar-refractivity contribution in [2.24, 2.45) is 0 Å². The van der Waals surface area contributed by atoms with E-state index in [9.17, 15) is 0 Å². The van der Waals surface area contributed by atoms with Crippen LogP contribution >= 0.6 is 11.3 Å². The van der Waals surface area contributed by atoms with E-state index in [2.05, 4.69) is 15.0 Å². The van der Waals surface area contributed by atoms with E-state index >= 15 is 0 Å². The molecular weight excluding hydrogens is 302 g/mol. The zero-order chi connectivity index (χ0) is 17.3. The highest BCUT2D eigenvalue weighted by Crippen LogP contribution is 2.26. The molecule has 0 aromatic carbocycles. The molecule has 0 bridgehead atoms. The van der Waals surface area contributed by atoms with Crippen molar-refractivity contribution in [3.8, 4) is 11.8 Å². The van der Waals surface area contributed by atoms with Crippen molar-refractivity contribution < 1.29 is 12.2 Å². The Bertz CT molecular complexity index is 714. The van der Waals surface area contributed by atoms with Gasteiger partial charge in [-0.3, -0.25) is 4.90 Å². The van der Waals surface area contributed by atoms with Crippen molar-refractivity contribution >= 4 is 16.5 Å². The van der Waals surface area contributed by atoms with E-state index in [0.717, 1.165) is 0 Å². The third kappa shape index (κ3) is 3.45. The minimum atomic E-state index is -1.64. The molecule has 7 nitrogen and oxygen atoms in total. The van der Waals surface area contributed by atoms with Crippen LogP contribution in [0.4, 0.5) is 5.13 Å². The number of nitrogens with zero attached hydrogens (tertiary/aromatic N) is 4. The molecular formula is C14H19N5O2S. The van der Waals surface area contributed by atoms with Crippen LogP contribution in [-0.4, -0.2) is 45.7 Å². The SMILES string of the molecule is [2H]C([2H])(c1cnc(N)s1)N1C[C@H](Oc2cc(OC)ncn2)C[C@@H]1C. The number of hydrogen-bond donors (Lipinski definition) is 1. The number of hydrogen-bond acceptors (Lipinski definition) is 8. The highest BCUT2D eigenvalue weighted by atomic mass is 32.1. The van der Waals surface area contributed by atoms with Gasteiger partial charge in [0.05, 0.1) is 13.2 Å². The lowest BCUT2D eigenvalue weighted by atomic mass is 10.2. The molecule has 1 fully saturated rings. The van der Waals surface area contributed by atoms with E-state index in [0.29, 0.717) is 34.7 Å². The topological polar surface area (TPSA) is 86.4 Å². The Morgan fingerprint density at radius 2 is 2.27 bits per heavy atom. The smallest absolute Gasteiger partial charge is 0.220 e. The molecule has 0 amide bonds. The van der Waals surface area contributed by atoms with Gasteiger partial charge in [0.25, 0.3) is 0 Å². The largest absolute Gasteiger partial charge is 0.481 e. The van der Waals surface area contributed by atoms with Gasteiger partial charge in [0, 0.05) is 39.3 Å². The summed E-state index contributed by atoms with van der Waals surface area (Å²) in [5, 5.41) is 0.363. The highest BCUT2D eigenvalue weighted by molar-refractivity contribution is 7.15. The molecule has 3 rings (SSSR count). The van der Waals surface area contributed by atoms with Crippen molar-refractivity contribution in [2.75, 3.05) is 19.4 Å². The van der Waals surface area contributed by atoms with Gasteiger partial charge in [0.1, 0.15) is 12.4 Å². The van der Waals surface area contributed by atoms with E-state index in [1.165, 1.54) is 31.0 Å². The van der Waals surface area contributed by atoms with Crippen LogP contribution in [0.2, 0.25) is 0 Å². The van der Waals surface area contributed by atoms with Crippen molar-refractivity contribution in [1.82, 2.24) is 19.9 Å². The summed E-state index contributed by atoms with van der Waals surface area (Å²) in [5.74, 6) is 0.849. The van der Waals surface area contributed by atoms with E-state index in [-0.39, 0.29) is 12.1 Å². The van der Waals surface area contributed by atoms with Gasteiger partial charge in [-0.25, -0.2) is 15.0 Å². The molecule has 2 aromatic heterocycles. The van der Waals surface area contributed by atoms with Crippen LogP contribution in [0.5, 0.6) is 11.8 Å². The summed E-state index contributed by atoms with van der Waals surface area (Å²) in [4.78, 5) is 14.2. The van der Waals surface area contributed by atoms with Gasteiger partial charge < -0.3 is 15.2 Å². The first-order valence-corrected chi connectivity index (χ1v) is 7.73. The van der Waals surface area contributed by atoms with Crippen LogP contribution in [0.25, 0.3) is 0 Å². The summed E-state index contributed by atoms with van der Waals surface area (Å²) in [7, 11) is 1.53. The van der Waals surface area contributed by atoms with Gasteiger partial charge >= 0.3 is 0 Å². The van der Waals surface area contributed by atoms with Crippen LogP contribution < -0.4 is 15.2 Å². The van der Waals surface area contributed by atoms with Crippen LogP contribution in [0.3, 0.4) is 0 Å². The number of rotatable bonds is 5. The van der Waals surface area contributed by atoms with E-state index in [1.807, 2.05) is 6.92 Å². The molecule has 0 aliphatic carbocycles. The van der Waals surface area contributed by atoms with Crippen molar-refractivity contribution in [1.29, 1.82) is 0 Å². The van der Waals surface area contributed by atoms with Crippen molar-refractivity contribution in [2.45, 2.75) is 32.0 Å². The number of nitrogen functional groups attached to an aromatic ring is 1. The van der Waals surface area contributed by atoms with Gasteiger partial charge in [0.2, 0.25) is 11.8 Å². The first-order chi connectivity index (χ1) is 11.4. The Balaban J connectivity index is 1.72. The maximum atomic E-state index is 8.45. The summed E-state index contributed by atoms with van der Waals surface area (Å²) < 4.78 is 27.8. The predicted octanol–water partition coefficient (Wildman–Crippen LogP) is 1.57. The molecule has 1 saturated heterocycles. The number of methoxy groups -OCH3 is 1. The fourth-order valence-electron chi connectivity index (χ4n) is 2.37. The molecule has 0 spiro atoms. The van der Waals surface area contributed by atoms with Crippen LogP contribution in [0.15, 0.2) is 18.6 Å². The Morgan fingerprint density at radius 1 is 1.45 bits per heavy atom. The average Bonchev–Trinajstić information content (AvgIpc) is 3.14. The summed E-state index contributed by atoms with van der Waals surface area (Å²) in [5.41, 5.74) is 5.64. The zero-order valence-corrected chi connectivity index (χ0v) is 13.2. The molecule has 8 heteroatoms. The number of ether oxygens (including phenoxy) is 2. The molecule has 0 unspecified atom stereocenters. The number of anilines is 1. The summed E-state index contributed by atoms with van der Waals surface area (Å²) in [6, 6.07) is 1.63. The minimum absolute atomic E-state index is 0.0112. The predicted molar refractivity (Wildman–Crippen MR) is 84.0 cm³/mol. The highest BCUT2D eigenvalue weighted by Gasteiger charge is 2.31. The summed E-state index contributed by atoms with van der Waals surface area (Å²) in [6.45, 7) is 0.778. The molecule has 2 atom stereocenters. The molecule has 1 aliphatic rings. The van der Waals surface area contributed by atoms with E-state index < -0.39 is 6.50 Å². The molecule has 0 radical (unpaired) electrons. The molecule has 22 heavy (non-hydrogen) atoms. The summed E-state index contributed by atoms with van der Waals surface area (Å²) >= 11 is 1.17. The van der Waals surface area contributed by atoms with Gasteiger partial charge in [-0.2, -0.15) is 0 Å². The Labute approximate surface area is 135 Å². The van der Waals surface area contributed by atoms with Crippen LogP contribution in [0, 0.1) is 0 Å². The third-order valence-electron chi connectivity index (χ3n) is 3.43. The zero-order valence-electron chi connectivity index (χ0n) is 14.4. The second-order valence-corrected chi connectivity index (χ2v) is 6.11. The number of likely N-dealkylation sites (tertiary alicyclic amines) is 1. The van der Waals surface area contributed by atoms with Crippen molar-refractivity contribution in [3.05, 3.63) is 23.5 Å². The molecule has 118 valence electrons. The van der Waals surface area contributed by atoms with Gasteiger partial charge in [-0.05, 0) is 6.92 Å². The Kier molecular flexibility index (Phi) is 3.69. The summed E-state index contributed by atoms with van der Waals surface area (Å²) in [6.07, 6.45) is 3.40. The molecule has 2 aromatic rings. The average molecular weight is 323 g/mol.